The predicted molar refractivity (Wildman–Crippen MR) is 72.3 cm³/mol. The fraction of sp³-hybridized carbons (Fsp3) is 0.533. The third kappa shape index (κ3) is 2.30. The molecule has 1 aliphatic heterocycles. The number of hydrogen-bond donors (Lipinski definition) is 2. The van der Waals surface area contributed by atoms with Crippen molar-refractivity contribution in [1.82, 2.24) is 5.32 Å². The Morgan fingerprint density at radius 1 is 1.30 bits per heavy atom. The largest absolute Gasteiger partial charge is 0.322 e. The number of amides is 1. The lowest BCUT2D eigenvalue weighted by Gasteiger charge is -2.18. The van der Waals surface area contributed by atoms with Crippen LogP contribution < -0.4 is 10.6 Å². The van der Waals surface area contributed by atoms with Crippen molar-refractivity contribution >= 4 is 11.6 Å². The quantitative estimate of drug-likeness (QED) is 0.874. The van der Waals surface area contributed by atoms with Gasteiger partial charge in [-0.3, -0.25) is 4.79 Å². The van der Waals surface area contributed by atoms with Crippen LogP contribution in [0.3, 0.4) is 0 Å². The van der Waals surface area contributed by atoms with Crippen LogP contribution in [0.1, 0.15) is 24.8 Å². The summed E-state index contributed by atoms with van der Waals surface area (Å²) in [4.78, 5) is 12.2. The van der Waals surface area contributed by atoms with Crippen molar-refractivity contribution in [3.63, 3.8) is 0 Å². The van der Waals surface area contributed by atoms with Gasteiger partial charge in [0.15, 0.2) is 0 Å². The Bertz CT molecular complexity index is 547. The lowest BCUT2D eigenvalue weighted by molar-refractivity contribution is -0.118. The van der Waals surface area contributed by atoms with Crippen molar-refractivity contribution in [2.75, 3.05) is 11.9 Å². The van der Waals surface area contributed by atoms with E-state index in [1.807, 2.05) is 0 Å². The van der Waals surface area contributed by atoms with Crippen molar-refractivity contribution < 1.29 is 13.6 Å². The number of anilines is 1. The highest BCUT2D eigenvalue weighted by Gasteiger charge is 2.42. The third-order valence-corrected chi connectivity index (χ3v) is 4.53. The van der Waals surface area contributed by atoms with E-state index in [4.69, 9.17) is 0 Å². The van der Waals surface area contributed by atoms with E-state index >= 15 is 0 Å². The Labute approximate surface area is 116 Å². The molecule has 20 heavy (non-hydrogen) atoms. The Hall–Kier alpha value is -1.49. The van der Waals surface area contributed by atoms with Gasteiger partial charge in [-0.1, -0.05) is 6.42 Å². The molecule has 3 rings (SSSR count). The molecule has 1 saturated carbocycles. The zero-order valence-corrected chi connectivity index (χ0v) is 11.4. The number of aryl methyl sites for hydroxylation is 1. The van der Waals surface area contributed by atoms with Crippen LogP contribution in [-0.2, 0) is 4.79 Å². The predicted octanol–water partition coefficient (Wildman–Crippen LogP) is 2.60. The van der Waals surface area contributed by atoms with Gasteiger partial charge in [-0.25, -0.2) is 8.78 Å². The molecule has 3 atom stereocenters. The molecule has 1 saturated heterocycles. The fourth-order valence-electron chi connectivity index (χ4n) is 3.43. The number of rotatable bonds is 2. The molecule has 5 heteroatoms. The highest BCUT2D eigenvalue weighted by atomic mass is 19.1. The van der Waals surface area contributed by atoms with E-state index in [0.29, 0.717) is 11.8 Å². The van der Waals surface area contributed by atoms with Gasteiger partial charge in [0.25, 0.3) is 0 Å². The number of halogens is 2. The van der Waals surface area contributed by atoms with Crippen LogP contribution in [-0.4, -0.2) is 18.5 Å². The zero-order chi connectivity index (χ0) is 14.3. The molecule has 1 aromatic carbocycles. The van der Waals surface area contributed by atoms with Crippen LogP contribution in [0, 0.1) is 30.4 Å². The molecule has 2 N–H and O–H groups in total. The van der Waals surface area contributed by atoms with E-state index in [1.165, 1.54) is 6.92 Å². The highest BCUT2D eigenvalue weighted by molar-refractivity contribution is 5.95. The van der Waals surface area contributed by atoms with Gasteiger partial charge in [0.1, 0.15) is 11.6 Å². The minimum absolute atomic E-state index is 0.0821. The summed E-state index contributed by atoms with van der Waals surface area (Å²) in [6.07, 6.45) is 3.32. The molecule has 3 unspecified atom stereocenters. The minimum atomic E-state index is -0.599. The molecule has 1 heterocycles. The second-order valence-electron chi connectivity index (χ2n) is 5.81. The first kappa shape index (κ1) is 13.5. The fourth-order valence-corrected chi connectivity index (χ4v) is 3.43. The molecule has 0 spiro atoms. The molecule has 0 aromatic heterocycles. The Balaban J connectivity index is 1.75. The van der Waals surface area contributed by atoms with Crippen molar-refractivity contribution in [2.24, 2.45) is 11.8 Å². The second-order valence-corrected chi connectivity index (χ2v) is 5.81. The molecule has 1 aliphatic carbocycles. The summed E-state index contributed by atoms with van der Waals surface area (Å²) in [5, 5.41) is 5.71. The second kappa shape index (κ2) is 5.13. The number of carbonyl (C=O) groups excluding carboxylic acids is 1. The maximum Gasteiger partial charge on any atom is 0.241 e. The number of nitrogens with one attached hydrogen (secondary N) is 2. The molecule has 2 fully saturated rings. The van der Waals surface area contributed by atoms with Crippen LogP contribution in [0.25, 0.3) is 0 Å². The molecule has 1 aromatic rings. The van der Waals surface area contributed by atoms with Gasteiger partial charge in [-0.15, -0.1) is 0 Å². The van der Waals surface area contributed by atoms with Crippen molar-refractivity contribution in [1.29, 1.82) is 0 Å². The molecule has 2 aliphatic rings. The molecule has 0 bridgehead atoms. The van der Waals surface area contributed by atoms with Gasteiger partial charge in [-0.05, 0) is 49.8 Å². The van der Waals surface area contributed by atoms with E-state index in [1.54, 1.807) is 0 Å². The van der Waals surface area contributed by atoms with E-state index in [-0.39, 0.29) is 23.2 Å². The Morgan fingerprint density at radius 2 is 2.10 bits per heavy atom. The summed E-state index contributed by atoms with van der Waals surface area (Å²) in [5.41, 5.74) is 0.150. The van der Waals surface area contributed by atoms with Gasteiger partial charge in [0.05, 0.1) is 11.7 Å². The van der Waals surface area contributed by atoms with Crippen LogP contribution in [0.15, 0.2) is 12.1 Å². The van der Waals surface area contributed by atoms with E-state index < -0.39 is 11.6 Å². The topological polar surface area (TPSA) is 41.1 Å². The molecule has 1 amide bonds. The first-order valence-electron chi connectivity index (χ1n) is 7.06. The smallest absolute Gasteiger partial charge is 0.241 e. The number of benzene rings is 1. The monoisotopic (exact) mass is 280 g/mol. The van der Waals surface area contributed by atoms with Gasteiger partial charge in [0, 0.05) is 6.07 Å². The summed E-state index contributed by atoms with van der Waals surface area (Å²) >= 11 is 0. The minimum Gasteiger partial charge on any atom is -0.322 e. The van der Waals surface area contributed by atoms with Crippen LogP contribution >= 0.6 is 0 Å². The third-order valence-electron chi connectivity index (χ3n) is 4.53. The average Bonchev–Trinajstić information content (AvgIpc) is 2.97. The van der Waals surface area contributed by atoms with Gasteiger partial charge in [-0.2, -0.15) is 0 Å². The van der Waals surface area contributed by atoms with E-state index in [2.05, 4.69) is 10.6 Å². The van der Waals surface area contributed by atoms with Crippen LogP contribution in [0.2, 0.25) is 0 Å². The zero-order valence-electron chi connectivity index (χ0n) is 11.4. The Kier molecular flexibility index (Phi) is 3.46. The van der Waals surface area contributed by atoms with Gasteiger partial charge < -0.3 is 10.6 Å². The number of hydrogen-bond acceptors (Lipinski definition) is 2. The lowest BCUT2D eigenvalue weighted by atomic mass is 9.93. The molecular weight excluding hydrogens is 262 g/mol. The summed E-state index contributed by atoms with van der Waals surface area (Å²) < 4.78 is 27.2. The normalized spacial score (nSPS) is 28.4. The summed E-state index contributed by atoms with van der Waals surface area (Å²) in [5.74, 6) is -0.502. The van der Waals surface area contributed by atoms with Gasteiger partial charge >= 0.3 is 0 Å². The van der Waals surface area contributed by atoms with Crippen LogP contribution in [0.4, 0.5) is 14.5 Å². The van der Waals surface area contributed by atoms with Crippen molar-refractivity contribution in [2.45, 2.75) is 32.2 Å². The van der Waals surface area contributed by atoms with Crippen molar-refractivity contribution in [3.8, 4) is 0 Å². The van der Waals surface area contributed by atoms with E-state index in [9.17, 15) is 13.6 Å². The first-order chi connectivity index (χ1) is 9.56. The standard InChI is InChI=1S/C15H18F2N2O/c1-8-5-12(17)13(6-11(8)16)19-15(20)14-10-4-2-3-9(10)7-18-14/h5-6,9-10,14,18H,2-4,7H2,1H3,(H,19,20). The van der Waals surface area contributed by atoms with Gasteiger partial charge in [0.2, 0.25) is 5.91 Å². The lowest BCUT2D eigenvalue weighted by Crippen LogP contribution is -2.40. The summed E-state index contributed by atoms with van der Waals surface area (Å²) in [7, 11) is 0. The molecule has 3 nitrogen and oxygen atoms in total. The Morgan fingerprint density at radius 3 is 2.90 bits per heavy atom. The molecule has 108 valence electrons. The first-order valence-corrected chi connectivity index (χ1v) is 7.06. The number of fused-ring (bicyclic) bond motifs is 1. The van der Waals surface area contributed by atoms with Crippen molar-refractivity contribution in [3.05, 3.63) is 29.3 Å². The summed E-state index contributed by atoms with van der Waals surface area (Å²) in [6, 6.07) is 1.86. The molecular formula is C15H18F2N2O. The maximum absolute atomic E-state index is 13.7. The SMILES string of the molecule is Cc1cc(F)c(NC(=O)C2NCC3CCCC32)cc1F. The summed E-state index contributed by atoms with van der Waals surface area (Å²) in [6.45, 7) is 2.33. The number of carbonyl (C=O) groups is 1. The molecule has 0 radical (unpaired) electrons. The highest BCUT2D eigenvalue weighted by Crippen LogP contribution is 2.38. The average molecular weight is 280 g/mol. The van der Waals surface area contributed by atoms with Crippen LogP contribution in [0.5, 0.6) is 0 Å². The van der Waals surface area contributed by atoms with E-state index in [0.717, 1.165) is 37.9 Å². The maximum atomic E-state index is 13.7.